The number of oxime groups is 1. The molecule has 70 valence electrons. The normalized spacial score (nSPS) is 10.5. The molecular formula is C7H6BrNO4. The van der Waals surface area contributed by atoms with Crippen molar-refractivity contribution < 1.29 is 19.2 Å². The van der Waals surface area contributed by atoms with Crippen molar-refractivity contribution in [2.24, 2.45) is 5.16 Å². The summed E-state index contributed by atoms with van der Waals surface area (Å²) in [6.45, 7) is -0.463. The van der Waals surface area contributed by atoms with Crippen LogP contribution in [0.1, 0.15) is 5.76 Å². The molecule has 0 aliphatic carbocycles. The lowest BCUT2D eigenvalue weighted by molar-refractivity contribution is -0.142. The number of nitrogens with zero attached hydrogens (tertiary/aromatic N) is 1. The average molecular weight is 248 g/mol. The lowest BCUT2D eigenvalue weighted by atomic mass is 10.5. The van der Waals surface area contributed by atoms with Gasteiger partial charge in [0, 0.05) is 0 Å². The van der Waals surface area contributed by atoms with E-state index < -0.39 is 12.6 Å². The van der Waals surface area contributed by atoms with Gasteiger partial charge in [0.2, 0.25) is 6.61 Å². The van der Waals surface area contributed by atoms with E-state index in [2.05, 4.69) is 25.9 Å². The fourth-order valence-corrected chi connectivity index (χ4v) is 0.879. The molecule has 1 aromatic rings. The van der Waals surface area contributed by atoms with E-state index in [1.54, 1.807) is 6.07 Å². The number of halogens is 1. The molecule has 0 aromatic carbocycles. The molecule has 13 heavy (non-hydrogen) atoms. The Morgan fingerprint density at radius 3 is 3.15 bits per heavy atom. The second-order valence-electron chi connectivity index (χ2n) is 2.03. The van der Waals surface area contributed by atoms with E-state index in [0.29, 0.717) is 5.76 Å². The van der Waals surface area contributed by atoms with E-state index in [0.717, 1.165) is 4.47 Å². The molecule has 0 unspecified atom stereocenters. The van der Waals surface area contributed by atoms with Crippen LogP contribution in [0.25, 0.3) is 0 Å². The zero-order valence-corrected chi connectivity index (χ0v) is 8.02. The molecule has 0 atom stereocenters. The molecule has 5 nitrogen and oxygen atoms in total. The van der Waals surface area contributed by atoms with E-state index in [1.807, 2.05) is 0 Å². The fraction of sp³-hybridized carbons (Fsp3) is 0.143. The number of hydrogen-bond donors (Lipinski definition) is 1. The number of aliphatic carboxylic acids is 1. The highest BCUT2D eigenvalue weighted by molar-refractivity contribution is 9.10. The summed E-state index contributed by atoms with van der Waals surface area (Å²) in [5.74, 6) is -0.596. The summed E-state index contributed by atoms with van der Waals surface area (Å²) in [7, 11) is 0. The van der Waals surface area contributed by atoms with Gasteiger partial charge in [-0.2, -0.15) is 0 Å². The summed E-state index contributed by atoms with van der Waals surface area (Å²) in [4.78, 5) is 14.4. The molecule has 0 fully saturated rings. The average Bonchev–Trinajstić information content (AvgIpc) is 2.45. The summed E-state index contributed by atoms with van der Waals surface area (Å²) in [6, 6.07) is 1.69. The number of rotatable bonds is 4. The monoisotopic (exact) mass is 247 g/mol. The number of carboxylic acid groups (broad SMARTS) is 1. The quantitative estimate of drug-likeness (QED) is 0.646. The summed E-state index contributed by atoms with van der Waals surface area (Å²) in [5.41, 5.74) is 0. The van der Waals surface area contributed by atoms with Crippen LogP contribution in [0.15, 0.2) is 26.4 Å². The van der Waals surface area contributed by atoms with Crippen LogP contribution in [0.3, 0.4) is 0 Å². The molecule has 0 radical (unpaired) electrons. The Kier molecular flexibility index (Phi) is 3.51. The van der Waals surface area contributed by atoms with E-state index in [-0.39, 0.29) is 0 Å². The van der Waals surface area contributed by atoms with Gasteiger partial charge in [-0.15, -0.1) is 0 Å². The maximum Gasteiger partial charge on any atom is 0.344 e. The molecule has 0 aliphatic rings. The first-order valence-corrected chi connectivity index (χ1v) is 4.09. The van der Waals surface area contributed by atoms with Crippen molar-refractivity contribution in [3.63, 3.8) is 0 Å². The highest BCUT2D eigenvalue weighted by atomic mass is 79.9. The van der Waals surface area contributed by atoms with Crippen LogP contribution >= 0.6 is 15.9 Å². The van der Waals surface area contributed by atoms with Gasteiger partial charge in [0.05, 0.1) is 10.7 Å². The summed E-state index contributed by atoms with van der Waals surface area (Å²) in [5, 5.41) is 11.6. The first-order valence-electron chi connectivity index (χ1n) is 3.30. The summed E-state index contributed by atoms with van der Waals surface area (Å²) in [6.07, 6.45) is 2.76. The van der Waals surface area contributed by atoms with E-state index in [1.165, 1.54) is 12.5 Å². The molecule has 1 heterocycles. The van der Waals surface area contributed by atoms with Crippen molar-refractivity contribution >= 4 is 28.1 Å². The first kappa shape index (κ1) is 9.79. The standard InChI is InChI=1S/C7H6BrNO4/c8-5-1-2-12-6(5)3-9-13-4-7(10)11/h1-3H,4H2,(H,10,11)/b9-3+. The van der Waals surface area contributed by atoms with Crippen molar-refractivity contribution in [2.75, 3.05) is 6.61 Å². The molecule has 1 aromatic heterocycles. The third-order valence-corrected chi connectivity index (χ3v) is 1.73. The van der Waals surface area contributed by atoms with Gasteiger partial charge in [0.15, 0.2) is 5.76 Å². The second kappa shape index (κ2) is 4.66. The van der Waals surface area contributed by atoms with Crippen molar-refractivity contribution in [1.29, 1.82) is 0 Å². The molecule has 0 saturated carbocycles. The third-order valence-electron chi connectivity index (χ3n) is 1.08. The zero-order valence-electron chi connectivity index (χ0n) is 6.44. The number of carbonyl (C=O) groups is 1. The Hall–Kier alpha value is -1.30. The lowest BCUT2D eigenvalue weighted by Gasteiger charge is -1.91. The molecular weight excluding hydrogens is 242 g/mol. The Balaban J connectivity index is 2.41. The summed E-state index contributed by atoms with van der Waals surface area (Å²) >= 11 is 3.19. The lowest BCUT2D eigenvalue weighted by Crippen LogP contribution is -2.03. The van der Waals surface area contributed by atoms with Crippen molar-refractivity contribution in [3.05, 3.63) is 22.6 Å². The number of furan rings is 1. The van der Waals surface area contributed by atoms with E-state index in [9.17, 15) is 4.79 Å². The molecule has 0 bridgehead atoms. The Labute approximate surface area is 82.1 Å². The topological polar surface area (TPSA) is 72.0 Å². The molecule has 0 amide bonds. The zero-order chi connectivity index (χ0) is 9.68. The molecule has 1 rings (SSSR count). The maximum absolute atomic E-state index is 10.00. The fourth-order valence-electron chi connectivity index (χ4n) is 0.575. The first-order chi connectivity index (χ1) is 6.20. The molecule has 6 heteroatoms. The van der Waals surface area contributed by atoms with Crippen LogP contribution in [0.2, 0.25) is 0 Å². The highest BCUT2D eigenvalue weighted by Crippen LogP contribution is 2.14. The second-order valence-corrected chi connectivity index (χ2v) is 2.89. The van der Waals surface area contributed by atoms with Gasteiger partial charge < -0.3 is 14.4 Å². The third kappa shape index (κ3) is 3.29. The molecule has 0 spiro atoms. The predicted octanol–water partition coefficient (Wildman–Crippen LogP) is 1.48. The highest BCUT2D eigenvalue weighted by Gasteiger charge is 1.99. The van der Waals surface area contributed by atoms with Crippen molar-refractivity contribution in [2.45, 2.75) is 0 Å². The summed E-state index contributed by atoms with van der Waals surface area (Å²) < 4.78 is 5.68. The Morgan fingerprint density at radius 1 is 1.85 bits per heavy atom. The maximum atomic E-state index is 10.00. The van der Waals surface area contributed by atoms with E-state index >= 15 is 0 Å². The Morgan fingerprint density at radius 2 is 2.62 bits per heavy atom. The predicted molar refractivity (Wildman–Crippen MR) is 47.6 cm³/mol. The Bertz CT molecular complexity index is 320. The van der Waals surface area contributed by atoms with Gasteiger partial charge in [-0.25, -0.2) is 4.79 Å². The minimum absolute atomic E-state index is 0.463. The van der Waals surface area contributed by atoms with Gasteiger partial charge in [-0.3, -0.25) is 0 Å². The molecule has 0 aliphatic heterocycles. The van der Waals surface area contributed by atoms with E-state index in [4.69, 9.17) is 9.52 Å². The van der Waals surface area contributed by atoms with Crippen LogP contribution in [-0.4, -0.2) is 23.9 Å². The van der Waals surface area contributed by atoms with Crippen LogP contribution in [0.4, 0.5) is 0 Å². The smallest absolute Gasteiger partial charge is 0.344 e. The van der Waals surface area contributed by atoms with Crippen LogP contribution in [0, 0.1) is 0 Å². The number of carboxylic acids is 1. The van der Waals surface area contributed by atoms with Crippen LogP contribution in [-0.2, 0) is 9.63 Å². The number of hydrogen-bond acceptors (Lipinski definition) is 4. The molecule has 0 saturated heterocycles. The minimum Gasteiger partial charge on any atom is -0.479 e. The van der Waals surface area contributed by atoms with Crippen LogP contribution in [0.5, 0.6) is 0 Å². The minimum atomic E-state index is -1.07. The van der Waals surface area contributed by atoms with Gasteiger partial charge >= 0.3 is 5.97 Å². The molecule has 1 N–H and O–H groups in total. The van der Waals surface area contributed by atoms with Gasteiger partial charge in [0.1, 0.15) is 6.21 Å². The van der Waals surface area contributed by atoms with Crippen LogP contribution < -0.4 is 0 Å². The van der Waals surface area contributed by atoms with Gasteiger partial charge in [-0.1, -0.05) is 5.16 Å². The van der Waals surface area contributed by atoms with Gasteiger partial charge in [0.25, 0.3) is 0 Å². The van der Waals surface area contributed by atoms with Crippen molar-refractivity contribution in [1.82, 2.24) is 0 Å². The largest absolute Gasteiger partial charge is 0.479 e. The van der Waals surface area contributed by atoms with Gasteiger partial charge in [-0.05, 0) is 22.0 Å². The SMILES string of the molecule is O=C(O)CO/N=C/c1occc1Br. The van der Waals surface area contributed by atoms with Crippen molar-refractivity contribution in [3.8, 4) is 0 Å².